The first-order chi connectivity index (χ1) is 15.4. The van der Waals surface area contributed by atoms with E-state index in [1.54, 1.807) is 19.2 Å². The monoisotopic (exact) mass is 449 g/mol. The van der Waals surface area contributed by atoms with Crippen molar-refractivity contribution in [2.75, 3.05) is 13.7 Å². The average Bonchev–Trinajstić information content (AvgIpc) is 3.11. The van der Waals surface area contributed by atoms with Crippen LogP contribution in [0.25, 0.3) is 11.1 Å². The molecule has 3 aromatic carbocycles. The van der Waals surface area contributed by atoms with Gasteiger partial charge in [-0.25, -0.2) is 4.79 Å². The summed E-state index contributed by atoms with van der Waals surface area (Å²) in [5.41, 5.74) is 5.48. The van der Waals surface area contributed by atoms with Crippen molar-refractivity contribution >= 4 is 23.7 Å². The predicted octanol–water partition coefficient (Wildman–Crippen LogP) is 5.61. The van der Waals surface area contributed by atoms with Gasteiger partial charge in [-0.3, -0.25) is 4.79 Å². The molecule has 0 bridgehead atoms. The number of hydrogen-bond acceptors (Lipinski definition) is 3. The van der Waals surface area contributed by atoms with E-state index >= 15 is 0 Å². The van der Waals surface area contributed by atoms with Crippen molar-refractivity contribution in [2.24, 2.45) is 0 Å². The number of likely N-dealkylation sites (N-methyl/N-ethyl adjacent to an activating group) is 1. The number of aliphatic carboxylic acids is 1. The lowest BCUT2D eigenvalue weighted by Crippen LogP contribution is -2.40. The Labute approximate surface area is 192 Å². The maximum atomic E-state index is 12.9. The minimum atomic E-state index is -0.970. The van der Waals surface area contributed by atoms with Crippen LogP contribution in [0.3, 0.4) is 0 Å². The molecular formula is C26H24ClNO4. The number of hydrogen-bond donors (Lipinski definition) is 1. The second-order valence-electron chi connectivity index (χ2n) is 8.00. The van der Waals surface area contributed by atoms with Crippen LogP contribution in [0.1, 0.15) is 29.0 Å². The Balaban J connectivity index is 1.47. The number of halogens is 1. The van der Waals surface area contributed by atoms with Crippen molar-refractivity contribution in [2.45, 2.75) is 24.8 Å². The summed E-state index contributed by atoms with van der Waals surface area (Å²) in [7, 11) is 1.59. The molecule has 1 aliphatic rings. The van der Waals surface area contributed by atoms with Gasteiger partial charge in [-0.05, 0) is 46.4 Å². The summed E-state index contributed by atoms with van der Waals surface area (Å²) < 4.78 is 5.69. The van der Waals surface area contributed by atoms with E-state index in [4.69, 9.17) is 16.3 Å². The van der Waals surface area contributed by atoms with E-state index in [1.165, 1.54) is 4.90 Å². The van der Waals surface area contributed by atoms with Crippen LogP contribution < -0.4 is 0 Å². The van der Waals surface area contributed by atoms with Crippen molar-refractivity contribution in [3.63, 3.8) is 0 Å². The number of carboxylic acid groups (broad SMARTS) is 1. The van der Waals surface area contributed by atoms with Gasteiger partial charge in [0.2, 0.25) is 0 Å². The fourth-order valence-electron chi connectivity index (χ4n) is 4.29. The maximum absolute atomic E-state index is 12.9. The molecule has 1 aliphatic carbocycles. The van der Waals surface area contributed by atoms with Gasteiger partial charge in [0.05, 0.1) is 6.42 Å². The fourth-order valence-corrected chi connectivity index (χ4v) is 4.41. The summed E-state index contributed by atoms with van der Waals surface area (Å²) in [6, 6.07) is 22.9. The van der Waals surface area contributed by atoms with E-state index in [-0.39, 0.29) is 18.9 Å². The predicted molar refractivity (Wildman–Crippen MR) is 124 cm³/mol. The molecule has 0 aliphatic heterocycles. The highest BCUT2D eigenvalue weighted by molar-refractivity contribution is 6.30. The average molecular weight is 450 g/mol. The van der Waals surface area contributed by atoms with Gasteiger partial charge in [-0.2, -0.15) is 0 Å². The van der Waals surface area contributed by atoms with E-state index in [0.717, 1.165) is 27.8 Å². The quantitative estimate of drug-likeness (QED) is 0.509. The molecule has 0 unspecified atom stereocenters. The molecule has 1 amide bonds. The third kappa shape index (κ3) is 4.63. The molecule has 32 heavy (non-hydrogen) atoms. The zero-order valence-corrected chi connectivity index (χ0v) is 18.5. The third-order valence-corrected chi connectivity index (χ3v) is 6.22. The highest BCUT2D eigenvalue weighted by Crippen LogP contribution is 2.44. The number of amides is 1. The minimum Gasteiger partial charge on any atom is -0.481 e. The van der Waals surface area contributed by atoms with Gasteiger partial charge in [0, 0.05) is 24.0 Å². The highest BCUT2D eigenvalue weighted by Gasteiger charge is 2.30. The van der Waals surface area contributed by atoms with Gasteiger partial charge in [0.1, 0.15) is 6.61 Å². The topological polar surface area (TPSA) is 66.8 Å². The van der Waals surface area contributed by atoms with Crippen LogP contribution in [0.15, 0.2) is 72.8 Å². The van der Waals surface area contributed by atoms with Crippen molar-refractivity contribution in [3.8, 4) is 11.1 Å². The lowest BCUT2D eigenvalue weighted by atomic mass is 9.98. The molecule has 0 saturated carbocycles. The normalized spacial score (nSPS) is 13.2. The largest absolute Gasteiger partial charge is 0.481 e. The smallest absolute Gasteiger partial charge is 0.409 e. The Bertz CT molecular complexity index is 1080. The summed E-state index contributed by atoms with van der Waals surface area (Å²) >= 11 is 5.94. The Morgan fingerprint density at radius 3 is 2.09 bits per heavy atom. The molecule has 1 N–H and O–H groups in total. The lowest BCUT2D eigenvalue weighted by Gasteiger charge is -2.27. The molecule has 4 rings (SSSR count). The van der Waals surface area contributed by atoms with Crippen LogP contribution in [0.2, 0.25) is 5.02 Å². The van der Waals surface area contributed by atoms with Crippen molar-refractivity contribution < 1.29 is 19.4 Å². The first-order valence-electron chi connectivity index (χ1n) is 10.5. The van der Waals surface area contributed by atoms with Gasteiger partial charge in [-0.1, -0.05) is 72.3 Å². The molecule has 6 heteroatoms. The lowest BCUT2D eigenvalue weighted by molar-refractivity contribution is -0.138. The number of carboxylic acids is 1. The summed E-state index contributed by atoms with van der Waals surface area (Å²) in [5.74, 6) is -1.02. The molecule has 3 aromatic rings. The van der Waals surface area contributed by atoms with Crippen LogP contribution >= 0.6 is 11.6 Å². The molecule has 0 aromatic heterocycles. The molecule has 164 valence electrons. The Hall–Kier alpha value is -3.31. The Kier molecular flexibility index (Phi) is 6.47. The standard InChI is InChI=1S/C26H24ClNO4/c1-28(19(15-25(29)30)14-17-10-12-18(27)13-11-17)26(31)32-16-24-22-8-4-2-6-20(22)21-7-3-5-9-23(21)24/h2-13,19,24H,14-16H2,1H3,(H,29,30)/t19-/m0/s1. The molecule has 0 saturated heterocycles. The Morgan fingerprint density at radius 2 is 1.53 bits per heavy atom. The van der Waals surface area contributed by atoms with Crippen molar-refractivity contribution in [1.29, 1.82) is 0 Å². The molecule has 0 fully saturated rings. The minimum absolute atomic E-state index is 0.0473. The first kappa shape index (κ1) is 21.9. The van der Waals surface area contributed by atoms with E-state index in [0.29, 0.717) is 11.4 Å². The number of carbonyl (C=O) groups is 2. The van der Waals surface area contributed by atoms with Gasteiger partial charge in [0.25, 0.3) is 0 Å². The zero-order chi connectivity index (χ0) is 22.7. The molecular weight excluding hydrogens is 426 g/mol. The summed E-state index contributed by atoms with van der Waals surface area (Å²) in [6.07, 6.45) is -0.319. The van der Waals surface area contributed by atoms with Gasteiger partial charge >= 0.3 is 12.1 Å². The summed E-state index contributed by atoms with van der Waals surface area (Å²) in [4.78, 5) is 25.7. The van der Waals surface area contributed by atoms with Crippen molar-refractivity contribution in [1.82, 2.24) is 4.90 Å². The summed E-state index contributed by atoms with van der Waals surface area (Å²) in [5, 5.41) is 9.96. The van der Waals surface area contributed by atoms with Crippen LogP contribution in [-0.2, 0) is 16.0 Å². The molecule has 1 atom stereocenters. The highest BCUT2D eigenvalue weighted by atomic mass is 35.5. The number of nitrogens with zero attached hydrogens (tertiary/aromatic N) is 1. The van der Waals surface area contributed by atoms with E-state index < -0.39 is 18.1 Å². The second kappa shape index (κ2) is 9.45. The van der Waals surface area contributed by atoms with Crippen LogP contribution in [0.5, 0.6) is 0 Å². The Morgan fingerprint density at radius 1 is 0.969 bits per heavy atom. The SMILES string of the molecule is CN(C(=O)OCC1c2ccccc2-c2ccccc21)[C@H](CC(=O)O)Cc1ccc(Cl)cc1. The first-order valence-corrected chi connectivity index (χ1v) is 10.9. The van der Waals surface area contributed by atoms with Gasteiger partial charge < -0.3 is 14.7 Å². The molecule has 0 heterocycles. The molecule has 5 nitrogen and oxygen atoms in total. The van der Waals surface area contributed by atoms with Gasteiger partial charge in [-0.15, -0.1) is 0 Å². The number of fused-ring (bicyclic) bond motifs is 3. The van der Waals surface area contributed by atoms with E-state index in [2.05, 4.69) is 24.3 Å². The fraction of sp³-hybridized carbons (Fsp3) is 0.231. The number of carbonyl (C=O) groups excluding carboxylic acids is 1. The van der Waals surface area contributed by atoms with Gasteiger partial charge in [0.15, 0.2) is 0 Å². The zero-order valence-electron chi connectivity index (χ0n) is 17.7. The van der Waals surface area contributed by atoms with Crippen LogP contribution in [0, 0.1) is 0 Å². The maximum Gasteiger partial charge on any atom is 0.409 e. The number of rotatable bonds is 7. The van der Waals surface area contributed by atoms with Crippen LogP contribution in [0.4, 0.5) is 4.79 Å². The van der Waals surface area contributed by atoms with E-state index in [9.17, 15) is 14.7 Å². The summed E-state index contributed by atoms with van der Waals surface area (Å²) in [6.45, 7) is 0.192. The molecule has 0 spiro atoms. The third-order valence-electron chi connectivity index (χ3n) is 5.97. The number of benzene rings is 3. The van der Waals surface area contributed by atoms with Crippen LogP contribution in [-0.4, -0.2) is 41.8 Å². The van der Waals surface area contributed by atoms with E-state index in [1.807, 2.05) is 36.4 Å². The second-order valence-corrected chi connectivity index (χ2v) is 8.43. The molecule has 0 radical (unpaired) electrons. The number of ether oxygens (including phenoxy) is 1. The van der Waals surface area contributed by atoms with Crippen molar-refractivity contribution in [3.05, 3.63) is 94.5 Å².